The van der Waals surface area contributed by atoms with Crippen molar-refractivity contribution in [2.75, 3.05) is 19.8 Å². The minimum Gasteiger partial charge on any atom is -0.504 e. The van der Waals surface area contributed by atoms with Gasteiger partial charge in [-0.3, -0.25) is 0 Å². The van der Waals surface area contributed by atoms with Crippen LogP contribution in [0.15, 0.2) is 9.59 Å². The molecule has 0 fully saturated rings. The number of hydrogen-bond acceptors (Lipinski definition) is 5. The molecular formula is C6H10N2O3S2. The number of anilines is 1. The molecule has 0 unspecified atom stereocenters. The molecule has 1 aromatic rings. The van der Waals surface area contributed by atoms with Crippen LogP contribution in [0.1, 0.15) is 0 Å². The summed E-state index contributed by atoms with van der Waals surface area (Å²) in [4.78, 5) is 0. The predicted molar refractivity (Wildman–Crippen MR) is 51.3 cm³/mol. The summed E-state index contributed by atoms with van der Waals surface area (Å²) >= 11 is 0.907. The van der Waals surface area contributed by atoms with Crippen LogP contribution < -0.4 is 5.73 Å². The van der Waals surface area contributed by atoms with Gasteiger partial charge in [-0.15, -0.1) is 11.3 Å². The second kappa shape index (κ2) is 3.17. The van der Waals surface area contributed by atoms with E-state index in [9.17, 15) is 13.5 Å². The topological polar surface area (TPSA) is 83.6 Å². The third-order valence-corrected chi connectivity index (χ3v) is 4.80. The molecule has 3 N–H and O–H groups in total. The summed E-state index contributed by atoms with van der Waals surface area (Å²) < 4.78 is 23.9. The Bertz CT molecular complexity index is 408. The molecule has 0 atom stereocenters. The number of hydrogen-bond donors (Lipinski definition) is 2. The largest absolute Gasteiger partial charge is 0.504 e. The van der Waals surface area contributed by atoms with E-state index in [-0.39, 0.29) is 15.6 Å². The molecule has 0 aliphatic heterocycles. The first kappa shape index (κ1) is 10.3. The van der Waals surface area contributed by atoms with Crippen molar-refractivity contribution >= 4 is 27.0 Å². The Hall–Kier alpha value is -0.790. The molecule has 74 valence electrons. The average Bonchev–Trinajstić information content (AvgIpc) is 2.33. The molecular weight excluding hydrogens is 212 g/mol. The molecule has 1 rings (SSSR count). The molecule has 5 nitrogen and oxygen atoms in total. The van der Waals surface area contributed by atoms with Gasteiger partial charge in [0.2, 0.25) is 0 Å². The summed E-state index contributed by atoms with van der Waals surface area (Å²) in [5, 5.41) is 10.7. The maximum absolute atomic E-state index is 11.5. The minimum atomic E-state index is -3.56. The summed E-state index contributed by atoms with van der Waals surface area (Å²) in [6.45, 7) is 0. The summed E-state index contributed by atoms with van der Waals surface area (Å²) in [6, 6.07) is 0. The Kier molecular flexibility index (Phi) is 2.51. The fourth-order valence-electron chi connectivity index (χ4n) is 0.695. The van der Waals surface area contributed by atoms with Crippen LogP contribution in [-0.2, 0) is 10.0 Å². The Morgan fingerprint density at radius 2 is 2.08 bits per heavy atom. The lowest BCUT2D eigenvalue weighted by Crippen LogP contribution is -2.21. The molecule has 1 aromatic heterocycles. The van der Waals surface area contributed by atoms with Gasteiger partial charge in [0.25, 0.3) is 10.0 Å². The molecule has 0 aliphatic rings. The first-order chi connectivity index (χ1) is 5.87. The van der Waals surface area contributed by atoms with Crippen molar-refractivity contribution in [3.8, 4) is 5.75 Å². The third kappa shape index (κ3) is 1.62. The van der Waals surface area contributed by atoms with Crippen LogP contribution in [-0.4, -0.2) is 31.9 Å². The molecule has 13 heavy (non-hydrogen) atoms. The van der Waals surface area contributed by atoms with Gasteiger partial charge in [-0.1, -0.05) is 0 Å². The van der Waals surface area contributed by atoms with Crippen LogP contribution in [0.2, 0.25) is 0 Å². The highest BCUT2D eigenvalue weighted by molar-refractivity contribution is 7.91. The Morgan fingerprint density at radius 1 is 1.54 bits per heavy atom. The third-order valence-electron chi connectivity index (χ3n) is 1.47. The Labute approximate surface area is 80.5 Å². The summed E-state index contributed by atoms with van der Waals surface area (Å²) in [7, 11) is -0.778. The molecule has 0 aromatic carbocycles. The normalized spacial score (nSPS) is 12.2. The number of sulfonamides is 1. The number of nitrogens with two attached hydrogens (primary N) is 1. The van der Waals surface area contributed by atoms with E-state index in [4.69, 9.17) is 5.73 Å². The molecule has 0 radical (unpaired) electrons. The quantitative estimate of drug-likeness (QED) is 0.753. The Morgan fingerprint density at radius 3 is 2.38 bits per heavy atom. The van der Waals surface area contributed by atoms with Crippen molar-refractivity contribution in [1.29, 1.82) is 0 Å². The number of thiophene rings is 1. The molecule has 0 amide bonds. The fourth-order valence-corrected chi connectivity index (χ4v) is 3.04. The number of aromatic hydroxyl groups is 1. The highest BCUT2D eigenvalue weighted by Crippen LogP contribution is 2.36. The fraction of sp³-hybridized carbons (Fsp3) is 0.333. The van der Waals surface area contributed by atoms with Crippen molar-refractivity contribution in [2.45, 2.75) is 4.21 Å². The van der Waals surface area contributed by atoms with Crippen molar-refractivity contribution in [2.24, 2.45) is 0 Å². The minimum absolute atomic E-state index is 0.0884. The van der Waals surface area contributed by atoms with Gasteiger partial charge >= 0.3 is 0 Å². The lowest BCUT2D eigenvalue weighted by Gasteiger charge is -2.09. The van der Waals surface area contributed by atoms with E-state index in [0.29, 0.717) is 0 Å². The van der Waals surface area contributed by atoms with Gasteiger partial charge in [0.1, 0.15) is 0 Å². The van der Waals surface area contributed by atoms with E-state index in [1.54, 1.807) is 0 Å². The van der Waals surface area contributed by atoms with Crippen LogP contribution in [0, 0.1) is 0 Å². The summed E-state index contributed by atoms with van der Waals surface area (Å²) in [5.41, 5.74) is 5.40. The van der Waals surface area contributed by atoms with E-state index < -0.39 is 10.0 Å². The molecule has 7 heteroatoms. The van der Waals surface area contributed by atoms with E-state index >= 15 is 0 Å². The van der Waals surface area contributed by atoms with Gasteiger partial charge in [-0.25, -0.2) is 12.7 Å². The van der Waals surface area contributed by atoms with Gasteiger partial charge in [-0.05, 0) is 0 Å². The van der Waals surface area contributed by atoms with Crippen LogP contribution in [0.5, 0.6) is 5.75 Å². The van der Waals surface area contributed by atoms with Crippen LogP contribution in [0.3, 0.4) is 0 Å². The first-order valence-corrected chi connectivity index (χ1v) is 5.67. The van der Waals surface area contributed by atoms with Gasteiger partial charge in [0.05, 0.1) is 5.69 Å². The lowest BCUT2D eigenvalue weighted by atomic mass is 10.5. The highest BCUT2D eigenvalue weighted by atomic mass is 32.2. The zero-order valence-corrected chi connectivity index (χ0v) is 8.82. The van der Waals surface area contributed by atoms with Crippen molar-refractivity contribution in [3.63, 3.8) is 0 Å². The van der Waals surface area contributed by atoms with Gasteiger partial charge in [-0.2, -0.15) is 0 Å². The Balaban J connectivity index is 3.32. The molecule has 0 spiro atoms. The van der Waals surface area contributed by atoms with Gasteiger partial charge < -0.3 is 10.8 Å². The van der Waals surface area contributed by atoms with Crippen LogP contribution in [0.25, 0.3) is 0 Å². The van der Waals surface area contributed by atoms with Crippen molar-refractivity contribution in [3.05, 3.63) is 5.38 Å². The first-order valence-electron chi connectivity index (χ1n) is 3.36. The average molecular weight is 222 g/mol. The van der Waals surface area contributed by atoms with Gasteiger partial charge in [0, 0.05) is 19.5 Å². The van der Waals surface area contributed by atoms with Crippen molar-refractivity contribution < 1.29 is 13.5 Å². The molecule has 1 heterocycles. The van der Waals surface area contributed by atoms with E-state index in [1.807, 2.05) is 0 Å². The van der Waals surface area contributed by atoms with E-state index in [1.165, 1.54) is 19.5 Å². The maximum Gasteiger partial charge on any atom is 0.255 e. The number of nitrogen functional groups attached to an aromatic ring is 1. The molecule has 0 saturated heterocycles. The van der Waals surface area contributed by atoms with Crippen LogP contribution >= 0.6 is 11.3 Å². The molecule has 0 bridgehead atoms. The van der Waals surface area contributed by atoms with Gasteiger partial charge in [0.15, 0.2) is 9.96 Å². The van der Waals surface area contributed by atoms with Crippen molar-refractivity contribution in [1.82, 2.24) is 4.31 Å². The lowest BCUT2D eigenvalue weighted by molar-refractivity contribution is 0.460. The second-order valence-corrected chi connectivity index (χ2v) is 5.84. The van der Waals surface area contributed by atoms with E-state index in [2.05, 4.69) is 0 Å². The molecule has 0 saturated carbocycles. The summed E-state index contributed by atoms with van der Waals surface area (Å²) in [6.07, 6.45) is 0. The summed E-state index contributed by atoms with van der Waals surface area (Å²) in [5.74, 6) is -0.362. The zero-order chi connectivity index (χ0) is 10.2. The van der Waals surface area contributed by atoms with E-state index in [0.717, 1.165) is 15.6 Å². The predicted octanol–water partition coefficient (Wildman–Crippen LogP) is 0.286. The smallest absolute Gasteiger partial charge is 0.255 e. The SMILES string of the molecule is CN(C)S(=O)(=O)c1scc(N)c1O. The number of rotatable bonds is 2. The zero-order valence-electron chi connectivity index (χ0n) is 7.18. The monoisotopic (exact) mass is 222 g/mol. The maximum atomic E-state index is 11.5. The standard InChI is InChI=1S/C6H10N2O3S2/c1-8(2)13(10,11)6-5(9)4(7)3-12-6/h3,9H,7H2,1-2H3. The number of nitrogens with zero attached hydrogens (tertiary/aromatic N) is 1. The van der Waals surface area contributed by atoms with Crippen LogP contribution in [0.4, 0.5) is 5.69 Å². The molecule has 0 aliphatic carbocycles. The second-order valence-electron chi connectivity index (χ2n) is 2.61. The highest BCUT2D eigenvalue weighted by Gasteiger charge is 2.24.